The number of likely N-dealkylation sites (tertiary alicyclic amines) is 1. The molecular formula is C14H19BrN2O2. The Labute approximate surface area is 122 Å². The summed E-state index contributed by atoms with van der Waals surface area (Å²) >= 11 is 3.46. The topological polar surface area (TPSA) is 41.6 Å². The fourth-order valence-corrected chi connectivity index (χ4v) is 2.58. The quantitative estimate of drug-likeness (QED) is 0.925. The van der Waals surface area contributed by atoms with E-state index in [-0.39, 0.29) is 5.91 Å². The van der Waals surface area contributed by atoms with Crippen molar-refractivity contribution in [3.63, 3.8) is 0 Å². The number of piperidine rings is 1. The van der Waals surface area contributed by atoms with Gasteiger partial charge in [-0.2, -0.15) is 0 Å². The van der Waals surface area contributed by atoms with E-state index >= 15 is 0 Å². The van der Waals surface area contributed by atoms with Crippen molar-refractivity contribution in [2.75, 3.05) is 32.1 Å². The van der Waals surface area contributed by atoms with Gasteiger partial charge in [-0.3, -0.25) is 4.79 Å². The van der Waals surface area contributed by atoms with Gasteiger partial charge in [0.1, 0.15) is 5.75 Å². The highest BCUT2D eigenvalue weighted by Gasteiger charge is 2.16. The highest BCUT2D eigenvalue weighted by atomic mass is 79.9. The number of methoxy groups -OCH3 is 1. The Morgan fingerprint density at radius 2 is 2.11 bits per heavy atom. The number of hydrogen-bond donors (Lipinski definition) is 1. The molecule has 1 aromatic rings. The second-order valence-corrected chi connectivity index (χ2v) is 5.50. The minimum absolute atomic E-state index is 0.161. The maximum atomic E-state index is 12.1. The molecule has 2 rings (SSSR count). The summed E-state index contributed by atoms with van der Waals surface area (Å²) in [4.78, 5) is 14.0. The van der Waals surface area contributed by atoms with Crippen LogP contribution in [0.15, 0.2) is 22.7 Å². The second kappa shape index (κ2) is 6.80. The molecule has 0 unspecified atom stereocenters. The van der Waals surface area contributed by atoms with Crippen LogP contribution in [0.5, 0.6) is 5.75 Å². The summed E-state index contributed by atoms with van der Waals surface area (Å²) in [6.07, 6.45) is 3.47. The fraction of sp³-hybridized carbons (Fsp3) is 0.500. The molecule has 4 nitrogen and oxygen atoms in total. The first-order valence-corrected chi connectivity index (χ1v) is 7.35. The number of amides is 1. The highest BCUT2D eigenvalue weighted by molar-refractivity contribution is 9.10. The van der Waals surface area contributed by atoms with E-state index in [1.807, 2.05) is 23.1 Å². The lowest BCUT2D eigenvalue weighted by Gasteiger charge is -2.27. The van der Waals surface area contributed by atoms with E-state index in [4.69, 9.17) is 4.74 Å². The Morgan fingerprint density at radius 1 is 1.37 bits per heavy atom. The molecule has 0 aliphatic carbocycles. The molecule has 1 aromatic carbocycles. The molecule has 19 heavy (non-hydrogen) atoms. The number of nitrogens with zero attached hydrogens (tertiary/aromatic N) is 1. The van der Waals surface area contributed by atoms with Crippen LogP contribution in [-0.4, -0.2) is 37.6 Å². The van der Waals surface area contributed by atoms with Gasteiger partial charge in [0.2, 0.25) is 5.91 Å². The second-order valence-electron chi connectivity index (χ2n) is 4.64. The third kappa shape index (κ3) is 3.86. The van der Waals surface area contributed by atoms with Crippen LogP contribution < -0.4 is 10.1 Å². The Hall–Kier alpha value is -1.23. The molecule has 1 N–H and O–H groups in total. The number of ether oxygens (including phenoxy) is 1. The Morgan fingerprint density at radius 3 is 2.79 bits per heavy atom. The first-order chi connectivity index (χ1) is 9.20. The van der Waals surface area contributed by atoms with Gasteiger partial charge in [0, 0.05) is 23.6 Å². The van der Waals surface area contributed by atoms with Crippen molar-refractivity contribution in [1.29, 1.82) is 0 Å². The maximum Gasteiger partial charge on any atom is 0.241 e. The van der Waals surface area contributed by atoms with Crippen molar-refractivity contribution in [2.24, 2.45) is 0 Å². The van der Waals surface area contributed by atoms with Crippen LogP contribution in [0.4, 0.5) is 5.69 Å². The minimum Gasteiger partial charge on any atom is -0.497 e. The predicted molar refractivity (Wildman–Crippen MR) is 79.6 cm³/mol. The first-order valence-electron chi connectivity index (χ1n) is 6.56. The van der Waals surface area contributed by atoms with Crippen LogP contribution >= 0.6 is 15.9 Å². The smallest absolute Gasteiger partial charge is 0.241 e. The number of anilines is 1. The number of carbonyl (C=O) groups is 1. The van der Waals surface area contributed by atoms with Gasteiger partial charge in [-0.1, -0.05) is 0 Å². The summed E-state index contributed by atoms with van der Waals surface area (Å²) in [5, 5.41) is 3.17. The van der Waals surface area contributed by atoms with E-state index in [0.717, 1.165) is 41.8 Å². The van der Waals surface area contributed by atoms with Crippen LogP contribution in [0.25, 0.3) is 0 Å². The van der Waals surface area contributed by atoms with Crippen LogP contribution in [0.3, 0.4) is 0 Å². The number of halogens is 1. The van der Waals surface area contributed by atoms with Crippen molar-refractivity contribution in [3.8, 4) is 5.75 Å². The lowest BCUT2D eigenvalue weighted by Crippen LogP contribution is -2.39. The third-order valence-electron chi connectivity index (χ3n) is 3.31. The molecule has 1 amide bonds. The summed E-state index contributed by atoms with van der Waals surface area (Å²) in [6, 6.07) is 5.67. The molecule has 1 heterocycles. The van der Waals surface area contributed by atoms with Crippen molar-refractivity contribution in [1.82, 2.24) is 4.90 Å². The largest absolute Gasteiger partial charge is 0.497 e. The van der Waals surface area contributed by atoms with Gasteiger partial charge in [-0.05, 0) is 47.3 Å². The minimum atomic E-state index is 0.161. The van der Waals surface area contributed by atoms with Crippen LogP contribution in [0.1, 0.15) is 19.3 Å². The van der Waals surface area contributed by atoms with E-state index in [2.05, 4.69) is 21.2 Å². The lowest BCUT2D eigenvalue weighted by molar-refractivity contribution is -0.130. The van der Waals surface area contributed by atoms with E-state index in [1.54, 1.807) is 7.11 Å². The summed E-state index contributed by atoms with van der Waals surface area (Å²) in [5.74, 6) is 0.936. The van der Waals surface area contributed by atoms with Gasteiger partial charge in [-0.25, -0.2) is 0 Å². The molecule has 1 fully saturated rings. The zero-order chi connectivity index (χ0) is 13.7. The van der Waals surface area contributed by atoms with Crippen LogP contribution in [-0.2, 0) is 4.79 Å². The zero-order valence-corrected chi connectivity index (χ0v) is 12.7. The molecule has 0 radical (unpaired) electrons. The van der Waals surface area contributed by atoms with Gasteiger partial charge in [-0.15, -0.1) is 0 Å². The van der Waals surface area contributed by atoms with Gasteiger partial charge >= 0.3 is 0 Å². The molecule has 5 heteroatoms. The molecule has 0 spiro atoms. The fourth-order valence-electron chi connectivity index (χ4n) is 2.19. The number of benzene rings is 1. The molecule has 1 aliphatic rings. The van der Waals surface area contributed by atoms with Crippen molar-refractivity contribution in [2.45, 2.75) is 19.3 Å². The van der Waals surface area contributed by atoms with Gasteiger partial charge in [0.25, 0.3) is 0 Å². The predicted octanol–water partition coefficient (Wildman–Crippen LogP) is 2.88. The molecule has 0 aromatic heterocycles. The van der Waals surface area contributed by atoms with Crippen LogP contribution in [0.2, 0.25) is 0 Å². The molecule has 0 saturated carbocycles. The Balaban J connectivity index is 1.92. The molecular weight excluding hydrogens is 308 g/mol. The van der Waals surface area contributed by atoms with E-state index in [0.29, 0.717) is 6.54 Å². The Bertz CT molecular complexity index is 445. The molecule has 0 atom stereocenters. The van der Waals surface area contributed by atoms with Gasteiger partial charge in [0.05, 0.1) is 19.3 Å². The maximum absolute atomic E-state index is 12.1. The summed E-state index contributed by atoms with van der Waals surface area (Å²) in [7, 11) is 1.63. The monoisotopic (exact) mass is 326 g/mol. The molecule has 0 bridgehead atoms. The Kier molecular flexibility index (Phi) is 5.07. The van der Waals surface area contributed by atoms with Gasteiger partial charge < -0.3 is 15.0 Å². The summed E-state index contributed by atoms with van der Waals surface area (Å²) < 4.78 is 6.11. The zero-order valence-electron chi connectivity index (χ0n) is 11.1. The van der Waals surface area contributed by atoms with E-state index in [1.165, 1.54) is 6.42 Å². The van der Waals surface area contributed by atoms with Crippen molar-refractivity contribution in [3.05, 3.63) is 22.7 Å². The summed E-state index contributed by atoms with van der Waals surface area (Å²) in [6.45, 7) is 2.10. The van der Waals surface area contributed by atoms with Crippen molar-refractivity contribution >= 4 is 27.5 Å². The molecule has 1 aliphatic heterocycles. The SMILES string of the molecule is COc1ccc(Br)c(NCC(=O)N2CCCCC2)c1. The standard InChI is InChI=1S/C14H19BrN2O2/c1-19-11-5-6-12(15)13(9-11)16-10-14(18)17-7-3-2-4-8-17/h5-6,9,16H,2-4,7-8,10H2,1H3. The normalized spacial score (nSPS) is 15.2. The average Bonchev–Trinajstić information content (AvgIpc) is 2.47. The molecule has 1 saturated heterocycles. The first kappa shape index (κ1) is 14.2. The van der Waals surface area contributed by atoms with E-state index < -0.39 is 0 Å². The lowest BCUT2D eigenvalue weighted by atomic mass is 10.1. The van der Waals surface area contributed by atoms with Crippen molar-refractivity contribution < 1.29 is 9.53 Å². The van der Waals surface area contributed by atoms with E-state index in [9.17, 15) is 4.79 Å². The highest BCUT2D eigenvalue weighted by Crippen LogP contribution is 2.26. The number of hydrogen-bond acceptors (Lipinski definition) is 3. The number of rotatable bonds is 4. The summed E-state index contributed by atoms with van der Waals surface area (Å²) in [5.41, 5.74) is 0.879. The number of carbonyl (C=O) groups excluding carboxylic acids is 1. The van der Waals surface area contributed by atoms with Gasteiger partial charge in [0.15, 0.2) is 0 Å². The van der Waals surface area contributed by atoms with Crippen LogP contribution in [0, 0.1) is 0 Å². The average molecular weight is 327 g/mol. The third-order valence-corrected chi connectivity index (χ3v) is 4.00. The number of nitrogens with one attached hydrogen (secondary N) is 1. The molecule has 104 valence electrons.